The molecule has 0 spiro atoms. The number of carbonyl (C=O) groups excluding carboxylic acids is 1. The topological polar surface area (TPSA) is 75.3 Å². The number of rotatable bonds is 6. The highest BCUT2D eigenvalue weighted by atomic mass is 16.5. The lowest BCUT2D eigenvalue weighted by Crippen LogP contribution is -2.42. The van der Waals surface area contributed by atoms with Crippen LogP contribution < -0.4 is 10.3 Å². The van der Waals surface area contributed by atoms with Crippen molar-refractivity contribution < 1.29 is 9.53 Å². The summed E-state index contributed by atoms with van der Waals surface area (Å²) in [5.41, 5.74) is 1.74. The van der Waals surface area contributed by atoms with Crippen LogP contribution in [0, 0.1) is 0 Å². The van der Waals surface area contributed by atoms with Crippen molar-refractivity contribution >= 4 is 16.8 Å². The number of amides is 1. The molecule has 1 N–H and O–H groups in total. The molecule has 1 aromatic carbocycles. The minimum atomic E-state index is -0.161. The first kappa shape index (κ1) is 20.1. The standard InChI is InChI=1S/C24H27N3O3/c1-2-30-21-10-11-22-18(14-21)13-19(23(28)26-22)16-27(20-8-4-3-5-9-20)24(29)17-7-6-12-25-15-17/h6-7,10-15,20H,2-5,8-9,16H2,1H3,(H,26,28). The molecule has 6 nitrogen and oxygen atoms in total. The highest BCUT2D eigenvalue weighted by molar-refractivity contribution is 5.94. The molecule has 6 heteroatoms. The van der Waals surface area contributed by atoms with Crippen LogP contribution in [0.4, 0.5) is 0 Å². The largest absolute Gasteiger partial charge is 0.494 e. The third-order valence-electron chi connectivity index (χ3n) is 5.73. The number of pyridine rings is 2. The lowest BCUT2D eigenvalue weighted by molar-refractivity contribution is 0.0613. The number of hydrogen-bond donors (Lipinski definition) is 1. The summed E-state index contributed by atoms with van der Waals surface area (Å²) in [4.78, 5) is 35.0. The summed E-state index contributed by atoms with van der Waals surface area (Å²) in [6.07, 6.45) is 8.59. The van der Waals surface area contributed by atoms with E-state index in [1.165, 1.54) is 6.42 Å². The van der Waals surface area contributed by atoms with Gasteiger partial charge in [-0.2, -0.15) is 0 Å². The Morgan fingerprint density at radius 3 is 2.77 bits per heavy atom. The summed E-state index contributed by atoms with van der Waals surface area (Å²) in [6, 6.07) is 11.2. The SMILES string of the molecule is CCOc1ccc2[nH]c(=O)c(CN(C(=O)c3cccnc3)C3CCCCC3)cc2c1. The molecule has 2 heterocycles. The van der Waals surface area contributed by atoms with Crippen LogP contribution in [0.15, 0.2) is 53.6 Å². The lowest BCUT2D eigenvalue weighted by Gasteiger charge is -2.34. The number of H-pyrrole nitrogens is 1. The van der Waals surface area contributed by atoms with Crippen LogP contribution in [-0.2, 0) is 6.54 Å². The van der Waals surface area contributed by atoms with Crippen molar-refractivity contribution in [1.29, 1.82) is 0 Å². The Labute approximate surface area is 175 Å². The van der Waals surface area contributed by atoms with Gasteiger partial charge in [-0.1, -0.05) is 19.3 Å². The number of hydrogen-bond acceptors (Lipinski definition) is 4. The molecule has 0 saturated heterocycles. The van der Waals surface area contributed by atoms with E-state index < -0.39 is 0 Å². The van der Waals surface area contributed by atoms with E-state index in [2.05, 4.69) is 9.97 Å². The molecule has 0 unspecified atom stereocenters. The van der Waals surface area contributed by atoms with Gasteiger partial charge in [0, 0.05) is 34.9 Å². The number of carbonyl (C=O) groups is 1. The van der Waals surface area contributed by atoms with Crippen molar-refractivity contribution in [1.82, 2.24) is 14.9 Å². The number of aromatic nitrogens is 2. The van der Waals surface area contributed by atoms with E-state index in [9.17, 15) is 9.59 Å². The van der Waals surface area contributed by atoms with Gasteiger partial charge < -0.3 is 14.6 Å². The molecule has 1 amide bonds. The molecule has 2 aromatic heterocycles. The molecule has 1 aliphatic carbocycles. The molecular formula is C24H27N3O3. The summed E-state index contributed by atoms with van der Waals surface area (Å²) < 4.78 is 5.59. The van der Waals surface area contributed by atoms with Gasteiger partial charge in [0.05, 0.1) is 18.7 Å². The van der Waals surface area contributed by atoms with E-state index in [1.807, 2.05) is 36.1 Å². The molecule has 1 aliphatic rings. The van der Waals surface area contributed by atoms with Crippen LogP contribution in [-0.4, -0.2) is 33.4 Å². The lowest BCUT2D eigenvalue weighted by atomic mass is 9.93. The highest BCUT2D eigenvalue weighted by Gasteiger charge is 2.27. The number of fused-ring (bicyclic) bond motifs is 1. The maximum atomic E-state index is 13.3. The molecule has 0 radical (unpaired) electrons. The summed E-state index contributed by atoms with van der Waals surface area (Å²) >= 11 is 0. The van der Waals surface area contributed by atoms with Crippen molar-refractivity contribution in [3.63, 3.8) is 0 Å². The number of ether oxygens (including phenoxy) is 1. The van der Waals surface area contributed by atoms with Gasteiger partial charge in [0.15, 0.2) is 0 Å². The Balaban J connectivity index is 1.69. The van der Waals surface area contributed by atoms with E-state index >= 15 is 0 Å². The second-order valence-corrected chi connectivity index (χ2v) is 7.77. The molecule has 1 saturated carbocycles. The zero-order chi connectivity index (χ0) is 20.9. The minimum Gasteiger partial charge on any atom is -0.494 e. The Morgan fingerprint density at radius 2 is 2.03 bits per heavy atom. The Morgan fingerprint density at radius 1 is 1.20 bits per heavy atom. The van der Waals surface area contributed by atoms with Crippen LogP contribution in [0.25, 0.3) is 10.9 Å². The van der Waals surface area contributed by atoms with E-state index in [0.29, 0.717) is 17.7 Å². The average molecular weight is 405 g/mol. The second kappa shape index (κ2) is 9.11. The van der Waals surface area contributed by atoms with Gasteiger partial charge in [-0.05, 0) is 56.2 Å². The van der Waals surface area contributed by atoms with Gasteiger partial charge in [0.25, 0.3) is 11.5 Å². The van der Waals surface area contributed by atoms with E-state index in [-0.39, 0.29) is 24.1 Å². The normalized spacial score (nSPS) is 14.6. The van der Waals surface area contributed by atoms with Crippen LogP contribution in [0.1, 0.15) is 54.9 Å². The predicted octanol–water partition coefficient (Wildman–Crippen LogP) is 4.30. The first-order chi connectivity index (χ1) is 14.7. The van der Waals surface area contributed by atoms with Crippen LogP contribution in [0.3, 0.4) is 0 Å². The monoisotopic (exact) mass is 405 g/mol. The molecule has 0 aliphatic heterocycles. The third kappa shape index (κ3) is 4.37. The molecular weight excluding hydrogens is 378 g/mol. The van der Waals surface area contributed by atoms with E-state index in [4.69, 9.17) is 4.74 Å². The van der Waals surface area contributed by atoms with Crippen molar-refractivity contribution in [3.05, 3.63) is 70.3 Å². The number of nitrogens with one attached hydrogen (secondary N) is 1. The quantitative estimate of drug-likeness (QED) is 0.664. The zero-order valence-corrected chi connectivity index (χ0v) is 17.3. The molecule has 30 heavy (non-hydrogen) atoms. The summed E-state index contributed by atoms with van der Waals surface area (Å²) in [7, 11) is 0. The van der Waals surface area contributed by atoms with Gasteiger partial charge >= 0.3 is 0 Å². The third-order valence-corrected chi connectivity index (χ3v) is 5.73. The van der Waals surface area contributed by atoms with E-state index in [0.717, 1.165) is 42.3 Å². The van der Waals surface area contributed by atoms with Crippen molar-refractivity contribution in [2.75, 3.05) is 6.61 Å². The van der Waals surface area contributed by atoms with E-state index in [1.54, 1.807) is 24.5 Å². The van der Waals surface area contributed by atoms with Crippen LogP contribution in [0.5, 0.6) is 5.75 Å². The van der Waals surface area contributed by atoms with Crippen molar-refractivity contribution in [2.45, 2.75) is 51.6 Å². The van der Waals surface area contributed by atoms with Crippen LogP contribution >= 0.6 is 0 Å². The Kier molecular flexibility index (Phi) is 6.12. The van der Waals surface area contributed by atoms with Gasteiger partial charge in [0.1, 0.15) is 5.75 Å². The van der Waals surface area contributed by atoms with Gasteiger partial charge in [-0.3, -0.25) is 14.6 Å². The molecule has 0 bridgehead atoms. The maximum Gasteiger partial charge on any atom is 0.255 e. The smallest absolute Gasteiger partial charge is 0.255 e. The molecule has 4 rings (SSSR count). The minimum absolute atomic E-state index is 0.0717. The molecule has 1 fully saturated rings. The van der Waals surface area contributed by atoms with Gasteiger partial charge in [-0.15, -0.1) is 0 Å². The zero-order valence-electron chi connectivity index (χ0n) is 17.3. The molecule has 0 atom stereocenters. The second-order valence-electron chi connectivity index (χ2n) is 7.77. The molecule has 156 valence electrons. The predicted molar refractivity (Wildman–Crippen MR) is 117 cm³/mol. The summed E-state index contributed by atoms with van der Waals surface area (Å²) in [6.45, 7) is 2.80. The maximum absolute atomic E-state index is 13.3. The number of aromatic amines is 1. The fourth-order valence-electron chi connectivity index (χ4n) is 4.20. The molecule has 3 aromatic rings. The fraction of sp³-hybridized carbons (Fsp3) is 0.375. The Hall–Kier alpha value is -3.15. The van der Waals surface area contributed by atoms with Gasteiger partial charge in [-0.25, -0.2) is 0 Å². The average Bonchev–Trinajstić information content (AvgIpc) is 2.79. The highest BCUT2D eigenvalue weighted by Crippen LogP contribution is 2.26. The van der Waals surface area contributed by atoms with Crippen molar-refractivity contribution in [3.8, 4) is 5.75 Å². The van der Waals surface area contributed by atoms with Crippen molar-refractivity contribution in [2.24, 2.45) is 0 Å². The fourth-order valence-corrected chi connectivity index (χ4v) is 4.20. The Bertz CT molecular complexity index is 1070. The summed E-state index contributed by atoms with van der Waals surface area (Å²) in [5, 5.41) is 0.896. The number of nitrogens with zero attached hydrogens (tertiary/aromatic N) is 2. The summed E-state index contributed by atoms with van der Waals surface area (Å²) in [5.74, 6) is 0.691. The van der Waals surface area contributed by atoms with Gasteiger partial charge in [0.2, 0.25) is 0 Å². The first-order valence-electron chi connectivity index (χ1n) is 10.7. The van der Waals surface area contributed by atoms with Crippen LogP contribution in [0.2, 0.25) is 0 Å². The number of benzene rings is 1. The first-order valence-corrected chi connectivity index (χ1v) is 10.7.